The SMILES string of the molecule is CC(=O)c1cccc(NC(=O)c2cccc(S(=O)(=O)C(C)C)c2)c1. The van der Waals surface area contributed by atoms with Crippen LogP contribution in [0.5, 0.6) is 0 Å². The molecule has 0 heterocycles. The molecule has 0 aliphatic carbocycles. The summed E-state index contributed by atoms with van der Waals surface area (Å²) in [4.78, 5) is 23.9. The molecule has 0 aromatic heterocycles. The van der Waals surface area contributed by atoms with Gasteiger partial charge in [-0.2, -0.15) is 0 Å². The van der Waals surface area contributed by atoms with Crippen molar-refractivity contribution in [3.8, 4) is 0 Å². The zero-order valence-corrected chi connectivity index (χ0v) is 14.6. The lowest BCUT2D eigenvalue weighted by Gasteiger charge is -2.10. The third kappa shape index (κ3) is 3.89. The zero-order chi connectivity index (χ0) is 17.9. The number of amides is 1. The number of nitrogens with one attached hydrogen (secondary N) is 1. The lowest BCUT2D eigenvalue weighted by molar-refractivity contribution is 0.101. The first-order chi connectivity index (χ1) is 11.2. The Kier molecular flexibility index (Phi) is 5.19. The van der Waals surface area contributed by atoms with Crippen LogP contribution in [-0.4, -0.2) is 25.4 Å². The Morgan fingerprint density at radius 1 is 0.958 bits per heavy atom. The minimum Gasteiger partial charge on any atom is -0.322 e. The van der Waals surface area contributed by atoms with Crippen molar-refractivity contribution in [3.63, 3.8) is 0 Å². The van der Waals surface area contributed by atoms with E-state index in [4.69, 9.17) is 0 Å². The van der Waals surface area contributed by atoms with Gasteiger partial charge in [0.15, 0.2) is 15.6 Å². The molecule has 1 amide bonds. The molecule has 0 bridgehead atoms. The summed E-state index contributed by atoms with van der Waals surface area (Å²) in [5.74, 6) is -0.535. The molecular formula is C18H19NO4S. The number of hydrogen-bond acceptors (Lipinski definition) is 4. The molecule has 0 aliphatic rings. The van der Waals surface area contributed by atoms with E-state index in [2.05, 4.69) is 5.32 Å². The summed E-state index contributed by atoms with van der Waals surface area (Å²) in [6.45, 7) is 4.63. The Morgan fingerprint density at radius 3 is 2.21 bits per heavy atom. The summed E-state index contributed by atoms with van der Waals surface area (Å²) in [6.07, 6.45) is 0. The normalized spacial score (nSPS) is 11.3. The second-order valence-corrected chi connectivity index (χ2v) is 8.22. The Hall–Kier alpha value is -2.47. The van der Waals surface area contributed by atoms with Crippen LogP contribution in [0.15, 0.2) is 53.4 Å². The Labute approximate surface area is 141 Å². The molecule has 24 heavy (non-hydrogen) atoms. The molecule has 0 saturated heterocycles. The first kappa shape index (κ1) is 17.9. The highest BCUT2D eigenvalue weighted by Crippen LogP contribution is 2.18. The number of ketones is 1. The Balaban J connectivity index is 2.28. The zero-order valence-electron chi connectivity index (χ0n) is 13.7. The molecule has 2 aromatic carbocycles. The van der Waals surface area contributed by atoms with Crippen LogP contribution in [0.1, 0.15) is 41.5 Å². The van der Waals surface area contributed by atoms with Crippen molar-refractivity contribution >= 4 is 27.2 Å². The van der Waals surface area contributed by atoms with Gasteiger partial charge in [0.25, 0.3) is 5.91 Å². The molecule has 6 heteroatoms. The highest BCUT2D eigenvalue weighted by atomic mass is 32.2. The average Bonchev–Trinajstić information content (AvgIpc) is 2.55. The summed E-state index contributed by atoms with van der Waals surface area (Å²) in [5, 5.41) is 2.11. The van der Waals surface area contributed by atoms with Crippen LogP contribution in [0.2, 0.25) is 0 Å². The number of Topliss-reactive ketones (excluding diaryl/α,β-unsaturated/α-hetero) is 1. The van der Waals surface area contributed by atoms with E-state index in [0.717, 1.165) is 0 Å². The van der Waals surface area contributed by atoms with Crippen LogP contribution in [-0.2, 0) is 9.84 Å². The van der Waals surface area contributed by atoms with Crippen LogP contribution in [0, 0.1) is 0 Å². The van der Waals surface area contributed by atoms with Crippen LogP contribution in [0.3, 0.4) is 0 Å². The maximum atomic E-state index is 12.4. The maximum Gasteiger partial charge on any atom is 0.255 e. The third-order valence-electron chi connectivity index (χ3n) is 3.57. The summed E-state index contributed by atoms with van der Waals surface area (Å²) < 4.78 is 24.4. The summed E-state index contributed by atoms with van der Waals surface area (Å²) in [7, 11) is -3.45. The van der Waals surface area contributed by atoms with Crippen LogP contribution in [0.4, 0.5) is 5.69 Å². The number of carbonyl (C=O) groups excluding carboxylic acids is 2. The predicted molar refractivity (Wildman–Crippen MR) is 93.2 cm³/mol. The van der Waals surface area contributed by atoms with Gasteiger partial charge in [-0.25, -0.2) is 8.42 Å². The summed E-state index contributed by atoms with van der Waals surface area (Å²) >= 11 is 0. The highest BCUT2D eigenvalue weighted by molar-refractivity contribution is 7.92. The maximum absolute atomic E-state index is 12.4. The molecule has 0 atom stereocenters. The van der Waals surface area contributed by atoms with Gasteiger partial charge in [-0.1, -0.05) is 18.2 Å². The van der Waals surface area contributed by atoms with E-state index < -0.39 is 21.0 Å². The molecule has 0 fully saturated rings. The highest BCUT2D eigenvalue weighted by Gasteiger charge is 2.20. The minimum absolute atomic E-state index is 0.101. The molecule has 1 N–H and O–H groups in total. The van der Waals surface area contributed by atoms with Gasteiger partial charge in [-0.15, -0.1) is 0 Å². The van der Waals surface area contributed by atoms with E-state index in [9.17, 15) is 18.0 Å². The number of carbonyl (C=O) groups is 2. The van der Waals surface area contributed by atoms with E-state index >= 15 is 0 Å². The third-order valence-corrected chi connectivity index (χ3v) is 5.72. The van der Waals surface area contributed by atoms with Gasteiger partial charge in [-0.3, -0.25) is 9.59 Å². The smallest absolute Gasteiger partial charge is 0.255 e. The largest absolute Gasteiger partial charge is 0.322 e. The van der Waals surface area contributed by atoms with E-state index in [1.54, 1.807) is 44.2 Å². The fourth-order valence-electron chi connectivity index (χ4n) is 2.11. The van der Waals surface area contributed by atoms with Crippen LogP contribution in [0.25, 0.3) is 0 Å². The van der Waals surface area contributed by atoms with Crippen molar-refractivity contribution in [1.29, 1.82) is 0 Å². The fourth-order valence-corrected chi connectivity index (χ4v) is 3.21. The quantitative estimate of drug-likeness (QED) is 0.843. The van der Waals surface area contributed by atoms with Crippen LogP contribution >= 0.6 is 0 Å². The second kappa shape index (κ2) is 6.97. The van der Waals surface area contributed by atoms with Gasteiger partial charge in [-0.05, 0) is 51.1 Å². The number of anilines is 1. The van der Waals surface area contributed by atoms with Gasteiger partial charge >= 0.3 is 0 Å². The van der Waals surface area contributed by atoms with Gasteiger partial charge in [0, 0.05) is 16.8 Å². The average molecular weight is 345 g/mol. The molecule has 0 radical (unpaired) electrons. The molecular weight excluding hydrogens is 326 g/mol. The summed E-state index contributed by atoms with van der Waals surface area (Å²) in [5.41, 5.74) is 1.21. The molecule has 0 spiro atoms. The predicted octanol–water partition coefficient (Wildman–Crippen LogP) is 3.32. The monoisotopic (exact) mass is 345 g/mol. The number of benzene rings is 2. The second-order valence-electron chi connectivity index (χ2n) is 5.71. The van der Waals surface area contributed by atoms with E-state index in [1.165, 1.54) is 25.1 Å². The lowest BCUT2D eigenvalue weighted by atomic mass is 10.1. The Bertz CT molecular complexity index is 885. The number of sulfone groups is 1. The lowest BCUT2D eigenvalue weighted by Crippen LogP contribution is -2.16. The van der Waals surface area contributed by atoms with Crippen molar-refractivity contribution < 1.29 is 18.0 Å². The van der Waals surface area contributed by atoms with Crippen molar-refractivity contribution in [2.24, 2.45) is 0 Å². The van der Waals surface area contributed by atoms with Gasteiger partial charge in [0.1, 0.15) is 0 Å². The molecule has 2 aromatic rings. The van der Waals surface area contributed by atoms with Crippen molar-refractivity contribution in [1.82, 2.24) is 0 Å². The Morgan fingerprint density at radius 2 is 1.58 bits per heavy atom. The van der Waals surface area contributed by atoms with Gasteiger partial charge in [0.2, 0.25) is 0 Å². The van der Waals surface area contributed by atoms with Gasteiger partial charge in [0.05, 0.1) is 10.1 Å². The van der Waals surface area contributed by atoms with E-state index in [1.807, 2.05) is 0 Å². The minimum atomic E-state index is -3.45. The number of rotatable bonds is 5. The van der Waals surface area contributed by atoms with Crippen molar-refractivity contribution in [2.45, 2.75) is 30.9 Å². The van der Waals surface area contributed by atoms with Crippen LogP contribution < -0.4 is 5.32 Å². The molecule has 0 aliphatic heterocycles. The van der Waals surface area contributed by atoms with E-state index in [-0.39, 0.29) is 16.2 Å². The molecule has 2 rings (SSSR count). The van der Waals surface area contributed by atoms with Crippen molar-refractivity contribution in [3.05, 3.63) is 59.7 Å². The first-order valence-electron chi connectivity index (χ1n) is 7.48. The number of hydrogen-bond donors (Lipinski definition) is 1. The molecule has 126 valence electrons. The fraction of sp³-hybridized carbons (Fsp3) is 0.222. The van der Waals surface area contributed by atoms with Crippen molar-refractivity contribution in [2.75, 3.05) is 5.32 Å². The van der Waals surface area contributed by atoms with E-state index in [0.29, 0.717) is 11.3 Å². The first-order valence-corrected chi connectivity index (χ1v) is 9.03. The van der Waals surface area contributed by atoms with Gasteiger partial charge < -0.3 is 5.32 Å². The molecule has 0 saturated carbocycles. The molecule has 5 nitrogen and oxygen atoms in total. The summed E-state index contributed by atoms with van der Waals surface area (Å²) in [6, 6.07) is 12.5. The molecule has 0 unspecified atom stereocenters. The topological polar surface area (TPSA) is 80.3 Å². The standard InChI is InChI=1S/C18H19NO4S/c1-12(2)24(22,23)17-9-5-7-15(11-17)18(21)19-16-8-4-6-14(10-16)13(3)20/h4-12H,1-3H3,(H,19,21).